The zero-order valence-corrected chi connectivity index (χ0v) is 19.3. The van der Waals surface area contributed by atoms with E-state index in [0.29, 0.717) is 44.0 Å². The summed E-state index contributed by atoms with van der Waals surface area (Å²) in [6.07, 6.45) is 4.01. The van der Waals surface area contributed by atoms with Gasteiger partial charge in [-0.15, -0.1) is 0 Å². The standard InChI is InChI=1S/C24H29ClN4O3/c1-3-32-24(31)17-10-13-28(14-11-17)16-23(30)29-22(21-9-6-12-27(21)2)15-20(26-29)18-7-4-5-8-19(18)25/h4-9,12,17,22H,3,10-11,13-16H2,1-2H3. The molecule has 0 aliphatic carbocycles. The van der Waals surface area contributed by atoms with Gasteiger partial charge in [0.1, 0.15) is 6.04 Å². The highest BCUT2D eigenvalue weighted by Crippen LogP contribution is 2.34. The number of nitrogens with zero attached hydrogens (tertiary/aromatic N) is 4. The van der Waals surface area contributed by atoms with E-state index in [2.05, 4.69) is 4.90 Å². The zero-order valence-electron chi connectivity index (χ0n) is 18.5. The summed E-state index contributed by atoms with van der Waals surface area (Å²) in [6, 6.07) is 11.4. The summed E-state index contributed by atoms with van der Waals surface area (Å²) in [4.78, 5) is 27.4. The SMILES string of the molecule is CCOC(=O)C1CCN(CC(=O)N2N=C(c3ccccc3Cl)CC2c2cccn2C)CC1. The summed E-state index contributed by atoms with van der Waals surface area (Å²) >= 11 is 6.42. The fourth-order valence-electron chi connectivity index (χ4n) is 4.50. The second-order valence-corrected chi connectivity index (χ2v) is 8.74. The quantitative estimate of drug-likeness (QED) is 0.622. The Hall–Kier alpha value is -2.64. The molecule has 1 fully saturated rings. The number of benzene rings is 1. The molecule has 1 unspecified atom stereocenters. The van der Waals surface area contributed by atoms with Crippen molar-refractivity contribution in [3.8, 4) is 0 Å². The van der Waals surface area contributed by atoms with Crippen molar-refractivity contribution in [1.29, 1.82) is 0 Å². The highest BCUT2D eigenvalue weighted by molar-refractivity contribution is 6.34. The van der Waals surface area contributed by atoms with Crippen LogP contribution in [0.3, 0.4) is 0 Å². The van der Waals surface area contributed by atoms with Crippen molar-refractivity contribution >= 4 is 29.2 Å². The van der Waals surface area contributed by atoms with Gasteiger partial charge in [0.2, 0.25) is 0 Å². The summed E-state index contributed by atoms with van der Waals surface area (Å²) in [5.74, 6) is -0.252. The van der Waals surface area contributed by atoms with E-state index in [9.17, 15) is 9.59 Å². The Morgan fingerprint density at radius 3 is 2.56 bits per heavy atom. The molecule has 7 nitrogen and oxygen atoms in total. The number of hydrogen-bond donors (Lipinski definition) is 0. The van der Waals surface area contributed by atoms with Gasteiger partial charge in [-0.25, -0.2) is 5.01 Å². The summed E-state index contributed by atoms with van der Waals surface area (Å²) in [7, 11) is 1.98. The van der Waals surface area contributed by atoms with Crippen LogP contribution < -0.4 is 0 Å². The fourth-order valence-corrected chi connectivity index (χ4v) is 4.74. The number of hydrazone groups is 1. The summed E-state index contributed by atoms with van der Waals surface area (Å²) < 4.78 is 7.17. The first-order chi connectivity index (χ1) is 15.5. The van der Waals surface area contributed by atoms with E-state index in [1.807, 2.05) is 61.1 Å². The van der Waals surface area contributed by atoms with Gasteiger partial charge in [-0.1, -0.05) is 29.8 Å². The highest BCUT2D eigenvalue weighted by atomic mass is 35.5. The van der Waals surface area contributed by atoms with Crippen LogP contribution in [0.4, 0.5) is 0 Å². The molecular weight excluding hydrogens is 428 g/mol. The summed E-state index contributed by atoms with van der Waals surface area (Å²) in [6.45, 7) is 3.88. The lowest BCUT2D eigenvalue weighted by Crippen LogP contribution is -2.43. The molecule has 1 atom stereocenters. The smallest absolute Gasteiger partial charge is 0.309 e. The maximum atomic E-state index is 13.4. The Kier molecular flexibility index (Phi) is 6.96. The minimum atomic E-state index is -0.175. The molecule has 2 aliphatic rings. The van der Waals surface area contributed by atoms with Crippen LogP contribution in [-0.2, 0) is 21.4 Å². The molecule has 1 aromatic carbocycles. The van der Waals surface area contributed by atoms with Gasteiger partial charge in [-0.05, 0) is 51.1 Å². The lowest BCUT2D eigenvalue weighted by Gasteiger charge is -2.31. The van der Waals surface area contributed by atoms with Crippen molar-refractivity contribution < 1.29 is 14.3 Å². The number of halogens is 1. The molecule has 0 spiro atoms. The average Bonchev–Trinajstić information content (AvgIpc) is 3.41. The maximum absolute atomic E-state index is 13.4. The number of aryl methyl sites for hydroxylation is 1. The summed E-state index contributed by atoms with van der Waals surface area (Å²) in [5, 5.41) is 6.98. The van der Waals surface area contributed by atoms with E-state index in [1.165, 1.54) is 0 Å². The normalized spacial score (nSPS) is 19.8. The summed E-state index contributed by atoms with van der Waals surface area (Å²) in [5.41, 5.74) is 2.71. The van der Waals surface area contributed by atoms with Gasteiger partial charge in [0.25, 0.3) is 5.91 Å². The third kappa shape index (κ3) is 4.74. The number of aromatic nitrogens is 1. The Bertz CT molecular complexity index is 1010. The van der Waals surface area contributed by atoms with Crippen molar-refractivity contribution in [3.63, 3.8) is 0 Å². The van der Waals surface area contributed by atoms with Crippen LogP contribution >= 0.6 is 11.6 Å². The van der Waals surface area contributed by atoms with E-state index in [-0.39, 0.29) is 30.4 Å². The molecule has 1 aromatic heterocycles. The van der Waals surface area contributed by atoms with Crippen molar-refractivity contribution in [1.82, 2.24) is 14.5 Å². The number of ether oxygens (including phenoxy) is 1. The maximum Gasteiger partial charge on any atom is 0.309 e. The number of hydrogen-bond acceptors (Lipinski definition) is 5. The minimum absolute atomic E-state index is 0.0483. The van der Waals surface area contributed by atoms with Crippen LogP contribution in [0.2, 0.25) is 5.02 Å². The molecule has 2 aliphatic heterocycles. The van der Waals surface area contributed by atoms with Crippen LogP contribution in [0, 0.1) is 5.92 Å². The van der Waals surface area contributed by atoms with Gasteiger partial charge in [-0.2, -0.15) is 5.10 Å². The topological polar surface area (TPSA) is 67.1 Å². The van der Waals surface area contributed by atoms with Crippen LogP contribution in [0.1, 0.15) is 43.5 Å². The number of amides is 1. The first-order valence-corrected chi connectivity index (χ1v) is 11.5. The number of carbonyl (C=O) groups is 2. The van der Waals surface area contributed by atoms with E-state index >= 15 is 0 Å². The molecule has 2 aromatic rings. The molecule has 3 heterocycles. The van der Waals surface area contributed by atoms with Crippen LogP contribution in [-0.4, -0.2) is 58.3 Å². The van der Waals surface area contributed by atoms with E-state index in [1.54, 1.807) is 5.01 Å². The van der Waals surface area contributed by atoms with E-state index in [0.717, 1.165) is 17.0 Å². The predicted octanol–water partition coefficient (Wildman–Crippen LogP) is 3.63. The Morgan fingerprint density at radius 1 is 1.16 bits per heavy atom. The van der Waals surface area contributed by atoms with Gasteiger partial charge in [0, 0.05) is 35.9 Å². The second kappa shape index (κ2) is 9.88. The van der Waals surface area contributed by atoms with Crippen LogP contribution in [0.25, 0.3) is 0 Å². The predicted molar refractivity (Wildman–Crippen MR) is 123 cm³/mol. The number of likely N-dealkylation sites (tertiary alicyclic amines) is 1. The number of rotatable bonds is 6. The van der Waals surface area contributed by atoms with Crippen molar-refractivity contribution in [2.24, 2.45) is 18.1 Å². The molecule has 0 N–H and O–H groups in total. The molecule has 4 rings (SSSR count). The van der Waals surface area contributed by atoms with Gasteiger partial charge in [0.15, 0.2) is 0 Å². The molecule has 32 heavy (non-hydrogen) atoms. The molecular formula is C24H29ClN4O3. The van der Waals surface area contributed by atoms with E-state index in [4.69, 9.17) is 21.4 Å². The Labute approximate surface area is 193 Å². The third-order valence-electron chi connectivity index (χ3n) is 6.24. The molecule has 0 bridgehead atoms. The first kappa shape index (κ1) is 22.6. The van der Waals surface area contributed by atoms with Gasteiger partial charge in [-0.3, -0.25) is 14.5 Å². The number of esters is 1. The van der Waals surface area contributed by atoms with E-state index < -0.39 is 0 Å². The van der Waals surface area contributed by atoms with Crippen molar-refractivity contribution in [2.75, 3.05) is 26.2 Å². The molecule has 0 radical (unpaired) electrons. The van der Waals surface area contributed by atoms with Crippen molar-refractivity contribution in [2.45, 2.75) is 32.2 Å². The molecule has 8 heteroatoms. The lowest BCUT2D eigenvalue weighted by atomic mass is 9.97. The first-order valence-electron chi connectivity index (χ1n) is 11.1. The molecule has 1 saturated heterocycles. The zero-order chi connectivity index (χ0) is 22.7. The van der Waals surface area contributed by atoms with Crippen LogP contribution in [0.5, 0.6) is 0 Å². The Morgan fingerprint density at radius 2 is 1.91 bits per heavy atom. The molecule has 1 amide bonds. The molecule has 0 saturated carbocycles. The average molecular weight is 457 g/mol. The lowest BCUT2D eigenvalue weighted by molar-refractivity contribution is -0.149. The van der Waals surface area contributed by atoms with Crippen LogP contribution in [0.15, 0.2) is 47.7 Å². The van der Waals surface area contributed by atoms with Gasteiger partial charge >= 0.3 is 5.97 Å². The number of piperidine rings is 1. The second-order valence-electron chi connectivity index (χ2n) is 8.33. The van der Waals surface area contributed by atoms with Gasteiger partial charge < -0.3 is 9.30 Å². The van der Waals surface area contributed by atoms with Crippen molar-refractivity contribution in [3.05, 3.63) is 58.9 Å². The fraction of sp³-hybridized carbons (Fsp3) is 0.458. The monoisotopic (exact) mass is 456 g/mol. The Balaban J connectivity index is 1.49. The molecule has 170 valence electrons. The number of carbonyl (C=O) groups excluding carboxylic acids is 2. The largest absolute Gasteiger partial charge is 0.466 e. The van der Waals surface area contributed by atoms with Gasteiger partial charge in [0.05, 0.1) is 24.8 Å². The third-order valence-corrected chi connectivity index (χ3v) is 6.57. The highest BCUT2D eigenvalue weighted by Gasteiger charge is 2.36. The minimum Gasteiger partial charge on any atom is -0.466 e.